The average molecular weight is 347 g/mol. The number of rotatable bonds is 3. The van der Waals surface area contributed by atoms with E-state index in [0.717, 1.165) is 36.3 Å². The minimum Gasteiger partial charge on any atom is -0.369 e. The van der Waals surface area contributed by atoms with Crippen LogP contribution in [0.4, 0.5) is 10.1 Å². The van der Waals surface area contributed by atoms with Crippen molar-refractivity contribution in [3.8, 4) is 16.8 Å². The number of aryl methyl sites for hydroxylation is 1. The van der Waals surface area contributed by atoms with E-state index in [0.29, 0.717) is 16.7 Å². The highest BCUT2D eigenvalue weighted by molar-refractivity contribution is 5.83. The molecule has 4 aromatic rings. The molecule has 1 fully saturated rings. The van der Waals surface area contributed by atoms with Gasteiger partial charge in [-0.05, 0) is 36.2 Å². The molecule has 3 heterocycles. The molecule has 0 radical (unpaired) electrons. The molecule has 26 heavy (non-hydrogen) atoms. The fourth-order valence-electron chi connectivity index (χ4n) is 3.44. The van der Waals surface area contributed by atoms with Gasteiger partial charge in [-0.3, -0.25) is 9.25 Å². The van der Waals surface area contributed by atoms with Gasteiger partial charge in [0.25, 0.3) is 0 Å². The number of benzene rings is 2. The van der Waals surface area contributed by atoms with Crippen molar-refractivity contribution in [3.05, 3.63) is 60.9 Å². The van der Waals surface area contributed by atoms with Gasteiger partial charge in [-0.25, -0.2) is 9.37 Å². The van der Waals surface area contributed by atoms with E-state index in [-0.39, 0.29) is 5.82 Å². The summed E-state index contributed by atoms with van der Waals surface area (Å²) >= 11 is 0. The summed E-state index contributed by atoms with van der Waals surface area (Å²) in [6, 6.07) is 11.7. The summed E-state index contributed by atoms with van der Waals surface area (Å²) in [6.45, 7) is 1.83. The van der Waals surface area contributed by atoms with Gasteiger partial charge in [-0.1, -0.05) is 12.1 Å². The van der Waals surface area contributed by atoms with Crippen LogP contribution in [-0.4, -0.2) is 32.4 Å². The molecule has 0 amide bonds. The van der Waals surface area contributed by atoms with Gasteiger partial charge < -0.3 is 4.90 Å². The summed E-state index contributed by atoms with van der Waals surface area (Å²) in [5.74, 6) is -0.198. The predicted molar refractivity (Wildman–Crippen MR) is 100 cm³/mol. The molecule has 1 aliphatic rings. The molecular formula is C20H18FN5. The summed E-state index contributed by atoms with van der Waals surface area (Å²) in [4.78, 5) is 6.44. The minimum atomic E-state index is -0.198. The number of nitrogens with zero attached hydrogens (tertiary/aromatic N) is 5. The number of hydrogen-bond acceptors (Lipinski definition) is 3. The van der Waals surface area contributed by atoms with Gasteiger partial charge in [0.05, 0.1) is 17.4 Å². The Kier molecular flexibility index (Phi) is 3.31. The molecule has 1 saturated heterocycles. The highest BCUT2D eigenvalue weighted by atomic mass is 19.1. The molecule has 5 rings (SSSR count). The van der Waals surface area contributed by atoms with Crippen LogP contribution >= 0.6 is 0 Å². The molecule has 0 bridgehead atoms. The first-order chi connectivity index (χ1) is 12.7. The lowest BCUT2D eigenvalue weighted by Gasteiger charge is -2.33. The second kappa shape index (κ2) is 5.69. The van der Waals surface area contributed by atoms with E-state index < -0.39 is 0 Å². The van der Waals surface area contributed by atoms with Crippen molar-refractivity contribution in [1.29, 1.82) is 0 Å². The Morgan fingerprint density at radius 3 is 2.46 bits per heavy atom. The molecule has 2 aromatic carbocycles. The van der Waals surface area contributed by atoms with E-state index in [2.05, 4.69) is 15.0 Å². The van der Waals surface area contributed by atoms with Crippen molar-refractivity contribution in [3.63, 3.8) is 0 Å². The zero-order valence-corrected chi connectivity index (χ0v) is 14.4. The van der Waals surface area contributed by atoms with Crippen molar-refractivity contribution in [1.82, 2.24) is 19.3 Å². The van der Waals surface area contributed by atoms with Gasteiger partial charge in [0.2, 0.25) is 0 Å². The standard InChI is InChI=1S/C20H18FN5/c1-24-12-15(11-23-24)14-3-5-16(6-4-14)26-13-22-17-7-8-18(19(21)20(17)26)25-9-2-10-25/h3-8,11-13H,2,9-10H2,1H3. The average Bonchev–Trinajstić information content (AvgIpc) is 3.23. The Labute approximate surface area is 150 Å². The Hall–Kier alpha value is -3.15. The molecule has 2 aromatic heterocycles. The Morgan fingerprint density at radius 2 is 1.81 bits per heavy atom. The Bertz CT molecular complexity index is 1090. The van der Waals surface area contributed by atoms with Crippen molar-refractivity contribution in [2.45, 2.75) is 6.42 Å². The number of fused-ring (bicyclic) bond motifs is 1. The SMILES string of the molecule is Cn1cc(-c2ccc(-n3cnc4ccc(N5CCC5)c(F)c43)cc2)cn1. The number of imidazole rings is 1. The summed E-state index contributed by atoms with van der Waals surface area (Å²) in [6.07, 6.45) is 6.61. The van der Waals surface area contributed by atoms with Crippen LogP contribution in [-0.2, 0) is 7.05 Å². The van der Waals surface area contributed by atoms with Crippen LogP contribution in [0.3, 0.4) is 0 Å². The Balaban J connectivity index is 1.58. The number of aromatic nitrogens is 4. The zero-order valence-electron chi connectivity index (χ0n) is 14.4. The van der Waals surface area contributed by atoms with E-state index >= 15 is 4.39 Å². The van der Waals surface area contributed by atoms with Crippen LogP contribution in [0.25, 0.3) is 27.8 Å². The first-order valence-corrected chi connectivity index (χ1v) is 8.71. The lowest BCUT2D eigenvalue weighted by molar-refractivity contribution is 0.577. The van der Waals surface area contributed by atoms with E-state index in [4.69, 9.17) is 0 Å². The molecule has 0 saturated carbocycles. The third-order valence-electron chi connectivity index (χ3n) is 5.01. The van der Waals surface area contributed by atoms with Crippen LogP contribution in [0.5, 0.6) is 0 Å². The lowest BCUT2D eigenvalue weighted by Crippen LogP contribution is -2.37. The number of halogens is 1. The van der Waals surface area contributed by atoms with Crippen LogP contribution in [0.2, 0.25) is 0 Å². The smallest absolute Gasteiger partial charge is 0.172 e. The van der Waals surface area contributed by atoms with Crippen molar-refractivity contribution < 1.29 is 4.39 Å². The summed E-state index contributed by atoms with van der Waals surface area (Å²) in [7, 11) is 1.90. The maximum atomic E-state index is 15.2. The Morgan fingerprint density at radius 1 is 1.00 bits per heavy atom. The predicted octanol–water partition coefficient (Wildman–Crippen LogP) is 3.78. The van der Waals surface area contributed by atoms with Crippen molar-refractivity contribution in [2.24, 2.45) is 7.05 Å². The quantitative estimate of drug-likeness (QED) is 0.566. The molecule has 6 heteroatoms. The van der Waals surface area contributed by atoms with Crippen LogP contribution in [0, 0.1) is 5.82 Å². The van der Waals surface area contributed by atoms with Crippen LogP contribution in [0.1, 0.15) is 6.42 Å². The number of hydrogen-bond donors (Lipinski definition) is 0. The summed E-state index contributed by atoms with van der Waals surface area (Å²) in [5, 5.41) is 4.20. The van der Waals surface area contributed by atoms with Gasteiger partial charge in [0, 0.05) is 37.6 Å². The second-order valence-electron chi connectivity index (χ2n) is 6.67. The first-order valence-electron chi connectivity index (χ1n) is 8.71. The molecule has 0 aliphatic carbocycles. The van der Waals surface area contributed by atoms with E-state index in [1.54, 1.807) is 11.0 Å². The van der Waals surface area contributed by atoms with Crippen molar-refractivity contribution in [2.75, 3.05) is 18.0 Å². The van der Waals surface area contributed by atoms with E-state index in [1.807, 2.05) is 60.4 Å². The maximum Gasteiger partial charge on any atom is 0.172 e. The zero-order chi connectivity index (χ0) is 17.7. The molecule has 0 spiro atoms. The van der Waals surface area contributed by atoms with Gasteiger partial charge in [0.1, 0.15) is 11.8 Å². The molecule has 0 unspecified atom stereocenters. The van der Waals surface area contributed by atoms with Gasteiger partial charge in [-0.15, -0.1) is 0 Å². The lowest BCUT2D eigenvalue weighted by atomic mass is 10.1. The van der Waals surface area contributed by atoms with Gasteiger partial charge in [-0.2, -0.15) is 5.10 Å². The number of anilines is 1. The monoisotopic (exact) mass is 347 g/mol. The van der Waals surface area contributed by atoms with Crippen molar-refractivity contribution >= 4 is 16.7 Å². The fraction of sp³-hybridized carbons (Fsp3) is 0.200. The van der Waals surface area contributed by atoms with E-state index in [9.17, 15) is 0 Å². The topological polar surface area (TPSA) is 38.9 Å². The summed E-state index contributed by atoms with van der Waals surface area (Å²) in [5.41, 5.74) is 4.89. The second-order valence-corrected chi connectivity index (χ2v) is 6.67. The molecule has 0 atom stereocenters. The molecule has 130 valence electrons. The van der Waals surface area contributed by atoms with Gasteiger partial charge >= 0.3 is 0 Å². The highest BCUT2D eigenvalue weighted by Crippen LogP contribution is 2.31. The van der Waals surface area contributed by atoms with Gasteiger partial charge in [0.15, 0.2) is 5.82 Å². The molecule has 5 nitrogen and oxygen atoms in total. The first kappa shape index (κ1) is 15.1. The molecular weight excluding hydrogens is 329 g/mol. The molecule has 0 N–H and O–H groups in total. The fourth-order valence-corrected chi connectivity index (χ4v) is 3.44. The minimum absolute atomic E-state index is 0.198. The summed E-state index contributed by atoms with van der Waals surface area (Å²) < 4.78 is 18.8. The third-order valence-corrected chi connectivity index (χ3v) is 5.01. The normalized spacial score (nSPS) is 14.0. The largest absolute Gasteiger partial charge is 0.369 e. The van der Waals surface area contributed by atoms with Crippen LogP contribution in [0.15, 0.2) is 55.1 Å². The maximum absolute atomic E-state index is 15.2. The van der Waals surface area contributed by atoms with E-state index in [1.165, 1.54) is 0 Å². The third kappa shape index (κ3) is 2.29. The highest BCUT2D eigenvalue weighted by Gasteiger charge is 2.21. The van der Waals surface area contributed by atoms with Crippen LogP contribution < -0.4 is 4.90 Å². The molecule has 1 aliphatic heterocycles.